The highest BCUT2D eigenvalue weighted by molar-refractivity contribution is 5.98. The number of unbranched alkanes of at least 4 members (excludes halogenated alkanes) is 3. The predicted octanol–water partition coefficient (Wildman–Crippen LogP) is 1.40. The van der Waals surface area contributed by atoms with Crippen molar-refractivity contribution in [3.63, 3.8) is 0 Å². The van der Waals surface area contributed by atoms with Crippen LogP contribution in [0.1, 0.15) is 39.5 Å². The van der Waals surface area contributed by atoms with E-state index in [0.717, 1.165) is 12.8 Å². The molecule has 0 aromatic carbocycles. The number of rotatable bonds is 27. The topological polar surface area (TPSA) is 142 Å². The molecule has 0 aromatic rings. The second kappa shape index (κ2) is 25.3. The van der Waals surface area contributed by atoms with Gasteiger partial charge in [-0.15, -0.1) is 0 Å². The Labute approximate surface area is 225 Å². The normalized spacial score (nSPS) is 12.6. The molecule has 0 N–H and O–H groups in total. The van der Waals surface area contributed by atoms with Crippen LogP contribution in [0.15, 0.2) is 0 Å². The molecule has 0 radical (unpaired) electrons. The molecule has 0 fully saturated rings. The Morgan fingerprint density at radius 3 is 1.16 bits per heavy atom. The minimum absolute atomic E-state index is 0.0539. The molecule has 222 valence electrons. The predicted molar refractivity (Wildman–Crippen MR) is 136 cm³/mol. The van der Waals surface area contributed by atoms with Crippen molar-refractivity contribution in [1.29, 1.82) is 0 Å². The molecule has 0 rings (SSSR count). The number of carbonyl (C=O) groups excluding carboxylic acids is 4. The minimum Gasteiger partial charge on any atom is -0.465 e. The van der Waals surface area contributed by atoms with E-state index in [9.17, 15) is 19.2 Å². The van der Waals surface area contributed by atoms with Gasteiger partial charge >= 0.3 is 11.9 Å². The van der Waals surface area contributed by atoms with Gasteiger partial charge < -0.3 is 37.9 Å². The summed E-state index contributed by atoms with van der Waals surface area (Å²) in [6, 6.07) is 0. The molecule has 12 heteroatoms. The summed E-state index contributed by atoms with van der Waals surface area (Å²) in [6.07, 6.45) is 2.70. The fourth-order valence-electron chi connectivity index (χ4n) is 2.93. The van der Waals surface area contributed by atoms with E-state index in [2.05, 4.69) is 0 Å². The van der Waals surface area contributed by atoms with E-state index < -0.39 is 23.8 Å². The Morgan fingerprint density at radius 1 is 0.474 bits per heavy atom. The maximum atomic E-state index is 12.2. The summed E-state index contributed by atoms with van der Waals surface area (Å²) in [5.41, 5.74) is 0. The van der Waals surface area contributed by atoms with Crippen molar-refractivity contribution >= 4 is 23.5 Å². The Bertz CT molecular complexity index is 586. The lowest BCUT2D eigenvalue weighted by molar-refractivity contribution is -0.156. The van der Waals surface area contributed by atoms with Crippen LogP contribution in [0, 0.1) is 11.8 Å². The minimum atomic E-state index is -0.963. The van der Waals surface area contributed by atoms with Gasteiger partial charge in [-0.05, 0) is 39.5 Å². The van der Waals surface area contributed by atoms with Crippen LogP contribution in [0.2, 0.25) is 0 Å². The van der Waals surface area contributed by atoms with Gasteiger partial charge in [0.2, 0.25) is 0 Å². The molecule has 2 unspecified atom stereocenters. The van der Waals surface area contributed by atoms with Crippen molar-refractivity contribution in [3.8, 4) is 0 Å². The van der Waals surface area contributed by atoms with Crippen molar-refractivity contribution in [2.45, 2.75) is 39.5 Å². The second-order valence-electron chi connectivity index (χ2n) is 8.44. The molecular weight excluding hydrogens is 504 g/mol. The van der Waals surface area contributed by atoms with Gasteiger partial charge in [0.25, 0.3) is 0 Å². The monoisotopic (exact) mass is 550 g/mol. The fraction of sp³-hybridized carbons (Fsp3) is 0.846. The third-order valence-corrected chi connectivity index (χ3v) is 5.25. The summed E-state index contributed by atoms with van der Waals surface area (Å²) in [5.74, 6) is -3.77. The van der Waals surface area contributed by atoms with Crippen molar-refractivity contribution in [2.75, 3.05) is 93.5 Å². The van der Waals surface area contributed by atoms with Gasteiger partial charge in [-0.2, -0.15) is 0 Å². The van der Waals surface area contributed by atoms with Crippen LogP contribution in [-0.2, 0) is 57.1 Å². The Morgan fingerprint density at radius 2 is 0.816 bits per heavy atom. The van der Waals surface area contributed by atoms with Crippen LogP contribution < -0.4 is 0 Å². The molecule has 0 aliphatic carbocycles. The van der Waals surface area contributed by atoms with Crippen LogP contribution >= 0.6 is 0 Å². The second-order valence-corrected chi connectivity index (χ2v) is 8.44. The first-order chi connectivity index (χ1) is 18.3. The molecule has 0 heterocycles. The van der Waals surface area contributed by atoms with Crippen molar-refractivity contribution in [1.82, 2.24) is 0 Å². The molecule has 0 amide bonds. The van der Waals surface area contributed by atoms with E-state index in [0.29, 0.717) is 52.5 Å². The van der Waals surface area contributed by atoms with Crippen LogP contribution in [0.3, 0.4) is 0 Å². The summed E-state index contributed by atoms with van der Waals surface area (Å²) < 4.78 is 41.4. The first kappa shape index (κ1) is 36.0. The van der Waals surface area contributed by atoms with Gasteiger partial charge in [0.05, 0.1) is 79.3 Å². The Balaban J connectivity index is 3.93. The maximum absolute atomic E-state index is 12.2. The third-order valence-electron chi connectivity index (χ3n) is 5.25. The van der Waals surface area contributed by atoms with Gasteiger partial charge in [-0.25, -0.2) is 0 Å². The quantitative estimate of drug-likeness (QED) is 0.0829. The first-order valence-corrected chi connectivity index (χ1v) is 13.0. The maximum Gasteiger partial charge on any atom is 0.318 e. The van der Waals surface area contributed by atoms with E-state index in [1.54, 1.807) is 14.2 Å². The first-order valence-electron chi connectivity index (χ1n) is 13.0. The van der Waals surface area contributed by atoms with Crippen LogP contribution in [-0.4, -0.2) is 117 Å². The highest BCUT2D eigenvalue weighted by atomic mass is 16.6. The van der Waals surface area contributed by atoms with E-state index in [4.69, 9.17) is 37.9 Å². The van der Waals surface area contributed by atoms with Gasteiger partial charge in [0.1, 0.15) is 23.4 Å². The standard InChI is InChI=1S/C26H46O12/c1-21(27)23(19-35-17-15-33-13-11-31-3)25(29)37-9-7-5-6-8-10-38-26(30)24(22(2)28)20-36-18-16-34-14-12-32-4/h23-24H,5-20H2,1-4H3. The molecule has 0 saturated heterocycles. The molecule has 2 atom stereocenters. The average molecular weight is 551 g/mol. The fourth-order valence-corrected chi connectivity index (χ4v) is 2.93. The highest BCUT2D eigenvalue weighted by Gasteiger charge is 2.26. The molecule has 12 nitrogen and oxygen atoms in total. The van der Waals surface area contributed by atoms with E-state index in [1.807, 2.05) is 0 Å². The molecule has 0 aromatic heterocycles. The van der Waals surface area contributed by atoms with Crippen LogP contribution in [0.25, 0.3) is 0 Å². The summed E-state index contributed by atoms with van der Waals surface area (Å²) in [4.78, 5) is 47.9. The molecule has 0 bridgehead atoms. The zero-order valence-corrected chi connectivity index (χ0v) is 23.4. The number of Topliss-reactive ketones (excluding diaryl/α,β-unsaturated/α-hetero) is 2. The highest BCUT2D eigenvalue weighted by Crippen LogP contribution is 2.08. The number of ketones is 2. The van der Waals surface area contributed by atoms with E-state index >= 15 is 0 Å². The van der Waals surface area contributed by atoms with Gasteiger partial charge in [-0.3, -0.25) is 19.2 Å². The smallest absolute Gasteiger partial charge is 0.318 e. The number of carbonyl (C=O) groups is 4. The Kier molecular flexibility index (Phi) is 24.0. The number of methoxy groups -OCH3 is 2. The van der Waals surface area contributed by atoms with Gasteiger partial charge in [0, 0.05) is 14.2 Å². The number of ether oxygens (including phenoxy) is 8. The summed E-state index contributed by atoms with van der Waals surface area (Å²) in [7, 11) is 3.16. The Hall–Kier alpha value is -1.96. The van der Waals surface area contributed by atoms with Crippen molar-refractivity contribution in [3.05, 3.63) is 0 Å². The van der Waals surface area contributed by atoms with Gasteiger partial charge in [-0.1, -0.05) is 0 Å². The zero-order valence-electron chi connectivity index (χ0n) is 23.4. The molecule has 0 aliphatic rings. The SMILES string of the molecule is COCCOCCOCC(C(C)=O)C(=O)OCCCCCCOC(=O)C(COCCOCCOC)C(C)=O. The average Bonchev–Trinajstić information content (AvgIpc) is 2.88. The molecule has 0 spiro atoms. The lowest BCUT2D eigenvalue weighted by atomic mass is 10.1. The van der Waals surface area contributed by atoms with Gasteiger partial charge in [0.15, 0.2) is 0 Å². The van der Waals surface area contributed by atoms with E-state index in [-0.39, 0.29) is 51.2 Å². The zero-order chi connectivity index (χ0) is 28.4. The molecular formula is C26H46O12. The van der Waals surface area contributed by atoms with Crippen LogP contribution in [0.5, 0.6) is 0 Å². The van der Waals surface area contributed by atoms with E-state index in [1.165, 1.54) is 13.8 Å². The molecule has 38 heavy (non-hydrogen) atoms. The number of hydrogen-bond acceptors (Lipinski definition) is 12. The van der Waals surface area contributed by atoms with Crippen LogP contribution in [0.4, 0.5) is 0 Å². The molecule has 0 aliphatic heterocycles. The number of esters is 2. The third kappa shape index (κ3) is 20.1. The summed E-state index contributed by atoms with van der Waals surface area (Å²) in [6.45, 7) is 5.96. The lowest BCUT2D eigenvalue weighted by Crippen LogP contribution is -2.30. The van der Waals surface area contributed by atoms with Crippen molar-refractivity contribution < 1.29 is 57.1 Å². The largest absolute Gasteiger partial charge is 0.465 e. The summed E-state index contributed by atoms with van der Waals surface area (Å²) >= 11 is 0. The lowest BCUT2D eigenvalue weighted by Gasteiger charge is -2.14. The number of hydrogen-bond donors (Lipinski definition) is 0. The molecule has 0 saturated carbocycles. The van der Waals surface area contributed by atoms with Crippen molar-refractivity contribution in [2.24, 2.45) is 11.8 Å². The summed E-state index contributed by atoms with van der Waals surface area (Å²) in [5, 5.41) is 0.